The van der Waals surface area contributed by atoms with Gasteiger partial charge in [0.25, 0.3) is 5.91 Å². The molecule has 0 fully saturated rings. The van der Waals surface area contributed by atoms with E-state index >= 15 is 0 Å². The molecule has 0 saturated heterocycles. The zero-order chi connectivity index (χ0) is 13.7. The van der Waals surface area contributed by atoms with E-state index in [-0.39, 0.29) is 11.7 Å². The second kappa shape index (κ2) is 6.43. The van der Waals surface area contributed by atoms with Gasteiger partial charge in [0.2, 0.25) is 0 Å². The van der Waals surface area contributed by atoms with E-state index in [9.17, 15) is 4.79 Å². The van der Waals surface area contributed by atoms with Crippen molar-refractivity contribution in [2.45, 2.75) is 6.92 Å². The van der Waals surface area contributed by atoms with Gasteiger partial charge in [0, 0.05) is 0 Å². The fourth-order valence-electron chi connectivity index (χ4n) is 1.49. The Morgan fingerprint density at radius 2 is 2.00 bits per heavy atom. The van der Waals surface area contributed by atoms with E-state index in [0.29, 0.717) is 17.8 Å². The third-order valence-electron chi connectivity index (χ3n) is 2.47. The second-order valence-corrected chi connectivity index (χ2v) is 4.80. The molecule has 5 heteroatoms. The Bertz CT molecular complexity index is 548. The number of ether oxygens (including phenoxy) is 1. The van der Waals surface area contributed by atoms with Crippen molar-refractivity contribution in [2.24, 2.45) is 0 Å². The number of aryl methyl sites for hydroxylation is 1. The number of carbonyl (C=O) groups is 1. The Labute approximate surface area is 119 Å². The number of hydrogen-bond acceptors (Lipinski definition) is 3. The molecule has 0 atom stereocenters. The molecule has 0 aliphatic rings. The topological polar surface area (TPSA) is 51.5 Å². The lowest BCUT2D eigenvalue weighted by atomic mass is 10.2. The number of rotatable bonds is 5. The van der Waals surface area contributed by atoms with Crippen molar-refractivity contribution in [1.82, 2.24) is 5.32 Å². The van der Waals surface area contributed by atoms with Gasteiger partial charge in [0.05, 0.1) is 6.54 Å². The molecule has 100 valence electrons. The van der Waals surface area contributed by atoms with Gasteiger partial charge in [-0.3, -0.25) is 4.79 Å². The highest BCUT2D eigenvalue weighted by Gasteiger charge is 2.09. The highest BCUT2D eigenvalue weighted by molar-refractivity contribution is 9.10. The van der Waals surface area contributed by atoms with Crippen LogP contribution in [0.1, 0.15) is 16.1 Å². The van der Waals surface area contributed by atoms with E-state index in [0.717, 1.165) is 5.75 Å². The van der Waals surface area contributed by atoms with Crippen LogP contribution in [0.2, 0.25) is 0 Å². The number of amides is 1. The Kier molecular flexibility index (Phi) is 4.63. The zero-order valence-corrected chi connectivity index (χ0v) is 12.1. The van der Waals surface area contributed by atoms with Gasteiger partial charge in [-0.1, -0.05) is 17.7 Å². The summed E-state index contributed by atoms with van der Waals surface area (Å²) in [5.74, 6) is 0.820. The standard InChI is InChI=1S/C14H14BrNO3/c1-10-2-4-11(5-3-10)18-9-8-16-14(17)12-6-7-13(15)19-12/h2-7H,8-9H2,1H3,(H,16,17). The van der Waals surface area contributed by atoms with Gasteiger partial charge in [-0.2, -0.15) is 0 Å². The minimum atomic E-state index is -0.252. The van der Waals surface area contributed by atoms with Gasteiger partial charge in [0.15, 0.2) is 10.4 Å². The molecule has 1 aromatic heterocycles. The minimum Gasteiger partial charge on any atom is -0.492 e. The largest absolute Gasteiger partial charge is 0.492 e. The molecule has 0 aliphatic heterocycles. The monoisotopic (exact) mass is 323 g/mol. The molecule has 0 saturated carbocycles. The van der Waals surface area contributed by atoms with E-state index < -0.39 is 0 Å². The van der Waals surface area contributed by atoms with Crippen molar-refractivity contribution >= 4 is 21.8 Å². The van der Waals surface area contributed by atoms with Crippen molar-refractivity contribution in [3.8, 4) is 5.75 Å². The molecule has 2 aromatic rings. The van der Waals surface area contributed by atoms with Gasteiger partial charge < -0.3 is 14.5 Å². The van der Waals surface area contributed by atoms with Crippen LogP contribution in [0, 0.1) is 6.92 Å². The number of benzene rings is 1. The van der Waals surface area contributed by atoms with E-state index in [1.807, 2.05) is 31.2 Å². The number of hydrogen-bond donors (Lipinski definition) is 1. The molecule has 0 bridgehead atoms. The van der Waals surface area contributed by atoms with Crippen LogP contribution in [-0.4, -0.2) is 19.1 Å². The minimum absolute atomic E-state index is 0.252. The van der Waals surface area contributed by atoms with E-state index in [4.69, 9.17) is 9.15 Å². The van der Waals surface area contributed by atoms with Crippen LogP contribution in [0.5, 0.6) is 5.75 Å². The highest BCUT2D eigenvalue weighted by Crippen LogP contribution is 2.13. The molecule has 1 heterocycles. The van der Waals surface area contributed by atoms with Crippen LogP contribution in [0.3, 0.4) is 0 Å². The Morgan fingerprint density at radius 1 is 1.26 bits per heavy atom. The average Bonchev–Trinajstić information content (AvgIpc) is 2.83. The van der Waals surface area contributed by atoms with E-state index in [1.54, 1.807) is 12.1 Å². The first-order valence-electron chi connectivity index (χ1n) is 5.88. The molecule has 0 spiro atoms. The lowest BCUT2D eigenvalue weighted by Crippen LogP contribution is -2.27. The molecule has 0 radical (unpaired) electrons. The summed E-state index contributed by atoms with van der Waals surface area (Å²) in [6, 6.07) is 11.1. The number of halogens is 1. The molecule has 1 aromatic carbocycles. The Balaban J connectivity index is 1.72. The van der Waals surface area contributed by atoms with Crippen LogP contribution < -0.4 is 10.1 Å². The van der Waals surface area contributed by atoms with Crippen molar-refractivity contribution in [3.63, 3.8) is 0 Å². The van der Waals surface area contributed by atoms with E-state index in [1.165, 1.54) is 5.56 Å². The summed E-state index contributed by atoms with van der Waals surface area (Å²) >= 11 is 3.15. The van der Waals surface area contributed by atoms with E-state index in [2.05, 4.69) is 21.2 Å². The maximum Gasteiger partial charge on any atom is 0.287 e. The third-order valence-corrected chi connectivity index (χ3v) is 2.90. The number of nitrogens with one attached hydrogen (secondary N) is 1. The second-order valence-electron chi connectivity index (χ2n) is 4.02. The van der Waals surface area contributed by atoms with Crippen molar-refractivity contribution in [2.75, 3.05) is 13.2 Å². The predicted octanol–water partition coefficient (Wildman–Crippen LogP) is 3.16. The fraction of sp³-hybridized carbons (Fsp3) is 0.214. The van der Waals surface area contributed by atoms with Gasteiger partial charge in [-0.05, 0) is 47.1 Å². The zero-order valence-electron chi connectivity index (χ0n) is 10.5. The molecule has 19 heavy (non-hydrogen) atoms. The predicted molar refractivity (Wildman–Crippen MR) is 75.4 cm³/mol. The number of furan rings is 1. The first-order valence-corrected chi connectivity index (χ1v) is 6.67. The maximum atomic E-state index is 11.6. The summed E-state index contributed by atoms with van der Waals surface area (Å²) in [6.45, 7) is 2.85. The lowest BCUT2D eigenvalue weighted by molar-refractivity contribution is 0.0918. The Hall–Kier alpha value is -1.75. The quantitative estimate of drug-likeness (QED) is 0.860. The molecule has 0 unspecified atom stereocenters. The van der Waals surface area contributed by atoms with Crippen LogP contribution in [0.15, 0.2) is 45.5 Å². The van der Waals surface area contributed by atoms with Crippen molar-refractivity contribution in [1.29, 1.82) is 0 Å². The SMILES string of the molecule is Cc1ccc(OCCNC(=O)c2ccc(Br)o2)cc1. The summed E-state index contributed by atoms with van der Waals surface area (Å²) in [4.78, 5) is 11.6. The van der Waals surface area contributed by atoms with Crippen molar-refractivity contribution in [3.05, 3.63) is 52.4 Å². The summed E-state index contributed by atoms with van der Waals surface area (Å²) in [5.41, 5.74) is 1.18. The smallest absolute Gasteiger partial charge is 0.287 e. The van der Waals surface area contributed by atoms with Crippen LogP contribution in [-0.2, 0) is 0 Å². The molecule has 1 amide bonds. The van der Waals surface area contributed by atoms with Crippen LogP contribution in [0.25, 0.3) is 0 Å². The van der Waals surface area contributed by atoms with Crippen LogP contribution >= 0.6 is 15.9 Å². The first kappa shape index (κ1) is 13.7. The molecule has 1 N–H and O–H groups in total. The van der Waals surface area contributed by atoms with Gasteiger partial charge in [-0.25, -0.2) is 0 Å². The summed E-state index contributed by atoms with van der Waals surface area (Å²) in [6.07, 6.45) is 0. The molecule has 4 nitrogen and oxygen atoms in total. The highest BCUT2D eigenvalue weighted by atomic mass is 79.9. The normalized spacial score (nSPS) is 10.2. The molecule has 2 rings (SSSR count). The molecular weight excluding hydrogens is 310 g/mol. The molecular formula is C14H14BrNO3. The fourth-order valence-corrected chi connectivity index (χ4v) is 1.80. The summed E-state index contributed by atoms with van der Waals surface area (Å²) in [7, 11) is 0. The average molecular weight is 324 g/mol. The van der Waals surface area contributed by atoms with Crippen molar-refractivity contribution < 1.29 is 13.9 Å². The molecule has 0 aliphatic carbocycles. The lowest BCUT2D eigenvalue weighted by Gasteiger charge is -2.07. The maximum absolute atomic E-state index is 11.6. The Morgan fingerprint density at radius 3 is 2.63 bits per heavy atom. The van der Waals surface area contributed by atoms with Crippen LogP contribution in [0.4, 0.5) is 0 Å². The number of carbonyl (C=O) groups excluding carboxylic acids is 1. The summed E-state index contributed by atoms with van der Waals surface area (Å²) < 4.78 is 11.2. The first-order chi connectivity index (χ1) is 9.15. The van der Waals surface area contributed by atoms with Gasteiger partial charge in [0.1, 0.15) is 12.4 Å². The third kappa shape index (κ3) is 4.13. The van der Waals surface area contributed by atoms with Gasteiger partial charge >= 0.3 is 0 Å². The van der Waals surface area contributed by atoms with Gasteiger partial charge in [-0.15, -0.1) is 0 Å². The summed E-state index contributed by atoms with van der Waals surface area (Å²) in [5, 5.41) is 2.72.